The second-order valence-corrected chi connectivity index (χ2v) is 5.42. The third-order valence-electron chi connectivity index (χ3n) is 2.83. The van der Waals surface area contributed by atoms with Crippen LogP contribution in [0.5, 0.6) is 0 Å². The van der Waals surface area contributed by atoms with Gasteiger partial charge in [0.1, 0.15) is 10.7 Å². The van der Waals surface area contributed by atoms with E-state index in [2.05, 4.69) is 14.2 Å². The highest BCUT2D eigenvalue weighted by atomic mass is 32.2. The number of anilines is 1. The number of benzene rings is 1. The zero-order chi connectivity index (χ0) is 17.9. The average Bonchev–Trinajstić information content (AvgIpc) is 2.49. The summed E-state index contributed by atoms with van der Waals surface area (Å²) >= 11 is -0.211. The number of rotatable bonds is 5. The molecule has 0 spiro atoms. The van der Waals surface area contributed by atoms with Crippen LogP contribution >= 0.6 is 12.0 Å². The third-order valence-corrected chi connectivity index (χ3v) is 3.51. The molecule has 0 radical (unpaired) electrons. The zero-order valence-electron chi connectivity index (χ0n) is 12.4. The molecule has 0 unspecified atom stereocenters. The van der Waals surface area contributed by atoms with Crippen LogP contribution in [0.15, 0.2) is 35.4 Å². The van der Waals surface area contributed by atoms with E-state index in [0.717, 1.165) is 17.8 Å². The van der Waals surface area contributed by atoms with Crippen molar-refractivity contribution in [3.8, 4) is 11.3 Å². The Morgan fingerprint density at radius 2 is 1.83 bits per heavy atom. The Hall–Kier alpha value is -1.91. The van der Waals surface area contributed by atoms with Crippen LogP contribution in [0.25, 0.3) is 11.3 Å². The van der Waals surface area contributed by atoms with Gasteiger partial charge in [-0.1, -0.05) is 0 Å². The molecule has 0 N–H and O–H groups in total. The minimum absolute atomic E-state index is 0.0850. The average molecular weight is 366 g/mol. The second kappa shape index (κ2) is 7.32. The molecule has 0 atom stereocenters. The highest BCUT2D eigenvalue weighted by Gasteiger charge is 2.32. The molecule has 4 nitrogen and oxygen atoms in total. The maximum absolute atomic E-state index is 14.4. The van der Waals surface area contributed by atoms with Crippen molar-refractivity contribution in [2.75, 3.05) is 19.0 Å². The van der Waals surface area contributed by atoms with E-state index in [1.807, 2.05) is 0 Å². The van der Waals surface area contributed by atoms with E-state index in [9.17, 15) is 22.0 Å². The highest BCUT2D eigenvalue weighted by molar-refractivity contribution is 7.94. The lowest BCUT2D eigenvalue weighted by atomic mass is 10.1. The molecule has 24 heavy (non-hydrogen) atoms. The summed E-state index contributed by atoms with van der Waals surface area (Å²) in [5, 5.41) is 0. The van der Waals surface area contributed by atoms with Crippen LogP contribution in [0, 0.1) is 11.6 Å². The molecule has 0 saturated carbocycles. The number of hydrogen-bond acceptors (Lipinski definition) is 5. The first-order valence-electron chi connectivity index (χ1n) is 6.40. The van der Waals surface area contributed by atoms with Crippen molar-refractivity contribution in [1.29, 1.82) is 0 Å². The first-order valence-corrected chi connectivity index (χ1v) is 7.14. The van der Waals surface area contributed by atoms with Gasteiger partial charge in [0.2, 0.25) is 0 Å². The normalized spacial score (nSPS) is 11.6. The maximum Gasteiger partial charge on any atom is 0.550 e. The number of hydrogen-bond donors (Lipinski definition) is 0. The van der Waals surface area contributed by atoms with Gasteiger partial charge in [0.05, 0.1) is 17.7 Å². The molecule has 10 heteroatoms. The fraction of sp³-hybridized carbons (Fsp3) is 0.214. The summed E-state index contributed by atoms with van der Waals surface area (Å²) in [4.78, 5) is 8.02. The third kappa shape index (κ3) is 4.56. The number of aromatic nitrogens is 1. The van der Waals surface area contributed by atoms with Crippen molar-refractivity contribution in [1.82, 2.24) is 4.98 Å². The Bertz CT molecular complexity index is 725. The van der Waals surface area contributed by atoms with Gasteiger partial charge in [0.15, 0.2) is 5.82 Å². The topological polar surface area (TPSA) is 34.6 Å². The largest absolute Gasteiger partial charge is 0.550 e. The van der Waals surface area contributed by atoms with Crippen LogP contribution < -0.4 is 4.90 Å². The minimum Gasteiger partial charge on any atom is -0.378 e. The van der Waals surface area contributed by atoms with Gasteiger partial charge in [-0.25, -0.2) is 8.78 Å². The Morgan fingerprint density at radius 1 is 1.12 bits per heavy atom. The van der Waals surface area contributed by atoms with E-state index in [1.165, 1.54) is 6.20 Å². The fourth-order valence-corrected chi connectivity index (χ4v) is 2.25. The predicted octanol–water partition coefficient (Wildman–Crippen LogP) is 4.57. The van der Waals surface area contributed by atoms with Gasteiger partial charge < -0.3 is 4.90 Å². The first kappa shape index (κ1) is 18.4. The second-order valence-electron chi connectivity index (χ2n) is 4.71. The van der Waals surface area contributed by atoms with E-state index in [-0.39, 0.29) is 23.3 Å². The predicted molar refractivity (Wildman–Crippen MR) is 78.0 cm³/mol. The number of pyridine rings is 1. The first-order chi connectivity index (χ1) is 11.2. The molecule has 1 heterocycles. The monoisotopic (exact) mass is 366 g/mol. The van der Waals surface area contributed by atoms with Crippen molar-refractivity contribution in [3.63, 3.8) is 0 Å². The van der Waals surface area contributed by atoms with E-state index >= 15 is 0 Å². The summed E-state index contributed by atoms with van der Waals surface area (Å²) in [6.07, 6.45) is -3.65. The van der Waals surface area contributed by atoms with Crippen molar-refractivity contribution in [3.05, 3.63) is 42.1 Å². The number of alkyl halides is 3. The summed E-state index contributed by atoms with van der Waals surface area (Å²) in [6.45, 7) is 0. The van der Waals surface area contributed by atoms with Crippen molar-refractivity contribution < 1.29 is 31.2 Å². The van der Waals surface area contributed by atoms with Crippen LogP contribution in [0.2, 0.25) is 0 Å². The molecule has 0 saturated heterocycles. The van der Waals surface area contributed by atoms with Gasteiger partial charge in [-0.05, 0) is 24.3 Å². The van der Waals surface area contributed by atoms with Crippen LogP contribution in [-0.4, -0.2) is 25.4 Å². The molecule has 1 aromatic carbocycles. The quantitative estimate of drug-likeness (QED) is 0.335. The molecule has 0 bridgehead atoms. The molecule has 130 valence electrons. The lowest BCUT2D eigenvalue weighted by molar-refractivity contribution is -0.440. The Balaban J connectivity index is 2.32. The fourth-order valence-electron chi connectivity index (χ4n) is 1.74. The van der Waals surface area contributed by atoms with Gasteiger partial charge in [0, 0.05) is 31.5 Å². The zero-order valence-corrected chi connectivity index (χ0v) is 13.2. The molecule has 0 aliphatic heterocycles. The summed E-state index contributed by atoms with van der Waals surface area (Å²) in [6, 6.07) is 5.28. The highest BCUT2D eigenvalue weighted by Crippen LogP contribution is 2.34. The minimum atomic E-state index is -5.08. The van der Waals surface area contributed by atoms with E-state index in [0.29, 0.717) is 0 Å². The summed E-state index contributed by atoms with van der Waals surface area (Å²) in [7, 11) is 3.54. The molecule has 2 aromatic rings. The molecule has 0 aliphatic rings. The van der Waals surface area contributed by atoms with Gasteiger partial charge >= 0.3 is 6.36 Å². The standard InChI is InChI=1S/C14H11F5N2O2S/c1-21(2)8-5-6-20-11(7-8)9-3-4-10(15)13(12(9)16)24-23-22-14(17,18)19/h3-7H,1-2H3. The number of halogens is 5. The summed E-state index contributed by atoms with van der Waals surface area (Å²) < 4.78 is 67.5. The van der Waals surface area contributed by atoms with Crippen LogP contribution in [0.1, 0.15) is 0 Å². The molecular weight excluding hydrogens is 355 g/mol. The van der Waals surface area contributed by atoms with Crippen LogP contribution in [0.3, 0.4) is 0 Å². The lowest BCUT2D eigenvalue weighted by Gasteiger charge is -2.14. The van der Waals surface area contributed by atoms with Gasteiger partial charge in [-0.15, -0.1) is 22.4 Å². The number of nitrogens with zero attached hydrogens (tertiary/aromatic N) is 2. The SMILES string of the molecule is CN(C)c1ccnc(-c2ccc(F)c(SOOC(F)(F)F)c2F)c1. The van der Waals surface area contributed by atoms with Gasteiger partial charge in [-0.2, -0.15) is 0 Å². The molecular formula is C14H11F5N2O2S. The van der Waals surface area contributed by atoms with E-state index in [4.69, 9.17) is 0 Å². The summed E-state index contributed by atoms with van der Waals surface area (Å²) in [5.74, 6) is -2.19. The molecule has 0 fully saturated rings. The van der Waals surface area contributed by atoms with E-state index < -0.39 is 22.9 Å². The van der Waals surface area contributed by atoms with Crippen molar-refractivity contribution in [2.45, 2.75) is 11.3 Å². The molecule has 0 aliphatic carbocycles. The molecule has 1 aromatic heterocycles. The molecule has 2 rings (SSSR count). The van der Waals surface area contributed by atoms with Crippen molar-refractivity contribution >= 4 is 17.7 Å². The van der Waals surface area contributed by atoms with Gasteiger partial charge in [0.25, 0.3) is 0 Å². The maximum atomic E-state index is 14.4. The van der Waals surface area contributed by atoms with Crippen molar-refractivity contribution in [2.24, 2.45) is 0 Å². The Labute approximate surface area is 138 Å². The van der Waals surface area contributed by atoms with E-state index in [1.54, 1.807) is 31.1 Å². The molecule has 0 amide bonds. The van der Waals surface area contributed by atoms with Crippen LogP contribution in [0.4, 0.5) is 27.6 Å². The smallest absolute Gasteiger partial charge is 0.378 e. The van der Waals surface area contributed by atoms with Crippen LogP contribution in [-0.2, 0) is 9.22 Å². The Kier molecular flexibility index (Phi) is 5.62. The lowest BCUT2D eigenvalue weighted by Crippen LogP contribution is -2.11. The Morgan fingerprint density at radius 3 is 2.46 bits per heavy atom. The van der Waals surface area contributed by atoms with Gasteiger partial charge in [-0.3, -0.25) is 4.98 Å². The summed E-state index contributed by atoms with van der Waals surface area (Å²) in [5.41, 5.74) is 0.824.